The molecular weight excluding hydrogens is 670 g/mol. The van der Waals surface area contributed by atoms with E-state index >= 15 is 0 Å². The summed E-state index contributed by atoms with van der Waals surface area (Å²) in [5, 5.41) is 14.4. The molecule has 0 spiro atoms. The first-order valence-electron chi connectivity index (χ1n) is 19.5. The molecule has 0 fully saturated rings. The van der Waals surface area contributed by atoms with Crippen LogP contribution < -0.4 is 26.6 Å². The Hall–Kier alpha value is -3.03. The first-order chi connectivity index (χ1) is 24.7. The van der Waals surface area contributed by atoms with Crippen molar-refractivity contribution in [3.05, 3.63) is 106 Å². The molecule has 0 saturated carbocycles. The maximum Gasteiger partial charge on any atom is 0.0473 e. The summed E-state index contributed by atoms with van der Waals surface area (Å²) in [4.78, 5) is 4.90. The molecule has 4 nitrogen and oxygen atoms in total. The highest BCUT2D eigenvalue weighted by atomic mass is 31.1. The SMILES string of the molecule is Cc1ccc(Nc2ccc(C)cc2P(C(C)C)C(C)C)c(C=NCCCCNCc2cc(C)ccc2Nc2ccc(C)cc2P(C(C)C)C(C)C)c1. The Kier molecular flexibility index (Phi) is 15.9. The molecule has 0 aliphatic rings. The quantitative estimate of drug-likeness (QED) is 0.0541. The second-order valence-electron chi connectivity index (χ2n) is 15.7. The van der Waals surface area contributed by atoms with E-state index in [9.17, 15) is 0 Å². The number of benzene rings is 4. The zero-order valence-corrected chi connectivity index (χ0v) is 36.0. The van der Waals surface area contributed by atoms with Crippen molar-refractivity contribution in [2.24, 2.45) is 4.99 Å². The maximum absolute atomic E-state index is 4.90. The lowest BCUT2D eigenvalue weighted by molar-refractivity contribution is 0.628. The van der Waals surface area contributed by atoms with Crippen molar-refractivity contribution in [3.8, 4) is 0 Å². The molecule has 0 heterocycles. The van der Waals surface area contributed by atoms with Crippen LogP contribution in [-0.2, 0) is 6.54 Å². The van der Waals surface area contributed by atoms with Crippen LogP contribution in [0.1, 0.15) is 102 Å². The number of rotatable bonds is 18. The van der Waals surface area contributed by atoms with Gasteiger partial charge in [-0.25, -0.2) is 0 Å². The predicted molar refractivity (Wildman–Crippen MR) is 238 cm³/mol. The lowest BCUT2D eigenvalue weighted by Crippen LogP contribution is -2.19. The smallest absolute Gasteiger partial charge is 0.0473 e. The third kappa shape index (κ3) is 11.7. The fourth-order valence-corrected chi connectivity index (χ4v) is 13.4. The molecule has 0 aliphatic carbocycles. The summed E-state index contributed by atoms with van der Waals surface area (Å²) in [6.45, 7) is 30.3. The maximum atomic E-state index is 4.90. The molecule has 0 amide bonds. The van der Waals surface area contributed by atoms with Gasteiger partial charge in [-0.2, -0.15) is 0 Å². The number of nitrogens with one attached hydrogen (secondary N) is 3. The van der Waals surface area contributed by atoms with Gasteiger partial charge in [-0.3, -0.25) is 4.99 Å². The van der Waals surface area contributed by atoms with Gasteiger partial charge in [0, 0.05) is 58.2 Å². The first kappa shape index (κ1) is 41.7. The molecule has 4 aromatic rings. The topological polar surface area (TPSA) is 48.5 Å². The molecule has 52 heavy (non-hydrogen) atoms. The molecule has 0 saturated heterocycles. The number of hydrogen-bond acceptors (Lipinski definition) is 4. The largest absolute Gasteiger partial charge is 0.355 e. The minimum Gasteiger partial charge on any atom is -0.355 e. The molecule has 0 unspecified atom stereocenters. The Morgan fingerprint density at radius 1 is 0.538 bits per heavy atom. The monoisotopic (exact) mass is 736 g/mol. The van der Waals surface area contributed by atoms with E-state index < -0.39 is 0 Å². The summed E-state index contributed by atoms with van der Waals surface area (Å²) in [6, 6.07) is 27.3. The Morgan fingerprint density at radius 3 is 1.50 bits per heavy atom. The average molecular weight is 737 g/mol. The second-order valence-corrected chi connectivity index (χ2v) is 22.4. The van der Waals surface area contributed by atoms with Crippen molar-refractivity contribution in [2.45, 2.75) is 125 Å². The van der Waals surface area contributed by atoms with Crippen molar-refractivity contribution in [3.63, 3.8) is 0 Å². The highest BCUT2D eigenvalue weighted by molar-refractivity contribution is 7.67. The summed E-state index contributed by atoms with van der Waals surface area (Å²) < 4.78 is 0. The van der Waals surface area contributed by atoms with Crippen LogP contribution in [0.25, 0.3) is 0 Å². The summed E-state index contributed by atoms with van der Waals surface area (Å²) in [5.74, 6) is 0. The zero-order valence-electron chi connectivity index (χ0n) is 34.2. The summed E-state index contributed by atoms with van der Waals surface area (Å²) in [7, 11) is -0.566. The van der Waals surface area contributed by atoms with Gasteiger partial charge in [0.05, 0.1) is 0 Å². The fourth-order valence-electron chi connectivity index (χ4n) is 7.25. The van der Waals surface area contributed by atoms with Crippen molar-refractivity contribution in [2.75, 3.05) is 23.7 Å². The third-order valence-electron chi connectivity index (χ3n) is 9.53. The van der Waals surface area contributed by atoms with E-state index in [2.05, 4.69) is 178 Å². The van der Waals surface area contributed by atoms with Crippen LogP contribution in [0.15, 0.2) is 77.8 Å². The van der Waals surface area contributed by atoms with Crippen LogP contribution in [0.3, 0.4) is 0 Å². The average Bonchev–Trinajstić information content (AvgIpc) is 3.06. The van der Waals surface area contributed by atoms with Gasteiger partial charge in [0.15, 0.2) is 0 Å². The number of aryl methyl sites for hydroxylation is 4. The molecular formula is C46H66N4P2. The molecule has 280 valence electrons. The van der Waals surface area contributed by atoms with Gasteiger partial charge in [-0.15, -0.1) is 0 Å². The molecule has 6 heteroatoms. The van der Waals surface area contributed by atoms with Gasteiger partial charge < -0.3 is 16.0 Å². The molecule has 4 aromatic carbocycles. The highest BCUT2D eigenvalue weighted by Gasteiger charge is 2.24. The number of nitrogens with zero attached hydrogens (tertiary/aromatic N) is 1. The van der Waals surface area contributed by atoms with Crippen LogP contribution in [-0.4, -0.2) is 41.9 Å². The molecule has 0 radical (unpaired) electrons. The van der Waals surface area contributed by atoms with Gasteiger partial charge in [0.1, 0.15) is 0 Å². The molecule has 0 aromatic heterocycles. The van der Waals surface area contributed by atoms with E-state index in [1.54, 1.807) is 0 Å². The lowest BCUT2D eigenvalue weighted by Gasteiger charge is -2.29. The van der Waals surface area contributed by atoms with Gasteiger partial charge in [-0.05, 0) is 118 Å². The predicted octanol–water partition coefficient (Wildman–Crippen LogP) is 12.2. The Bertz CT molecular complexity index is 1760. The van der Waals surface area contributed by atoms with Crippen LogP contribution in [0.5, 0.6) is 0 Å². The number of aliphatic imine (C=N–C) groups is 1. The van der Waals surface area contributed by atoms with Gasteiger partial charge in [-0.1, -0.05) is 124 Å². The molecule has 3 N–H and O–H groups in total. The van der Waals surface area contributed by atoms with E-state index in [4.69, 9.17) is 4.99 Å². The Balaban J connectivity index is 1.36. The zero-order chi connectivity index (χ0) is 37.9. The minimum atomic E-state index is -0.289. The highest BCUT2D eigenvalue weighted by Crippen LogP contribution is 2.48. The van der Waals surface area contributed by atoms with E-state index in [1.165, 1.54) is 55.5 Å². The number of unbranched alkanes of at least 4 members (excludes halogenated alkanes) is 1. The number of hydrogen-bond donors (Lipinski definition) is 3. The molecule has 0 bridgehead atoms. The Labute approximate surface area is 319 Å². The van der Waals surface area contributed by atoms with E-state index in [0.717, 1.165) is 43.7 Å². The van der Waals surface area contributed by atoms with E-state index in [-0.39, 0.29) is 15.8 Å². The van der Waals surface area contributed by atoms with Crippen molar-refractivity contribution >= 4 is 55.4 Å². The van der Waals surface area contributed by atoms with Crippen LogP contribution >= 0.6 is 15.8 Å². The molecule has 0 aliphatic heterocycles. The standard InChI is InChI=1S/C46H66N4P2/c1-31(2)51(32(3)4)45-27-37(11)17-21-43(45)49-41-19-15-35(9)25-39(41)29-47-23-13-14-24-48-30-40-26-36(10)16-20-42(40)50-44-22-18-38(12)28-46(44)52(33(5)6)34(7)8/h15-22,25-29,31-34,48-50H,13-14,23-24,30H2,1-12H3. The number of anilines is 4. The van der Waals surface area contributed by atoms with Crippen LogP contribution in [0.4, 0.5) is 22.7 Å². The van der Waals surface area contributed by atoms with Crippen molar-refractivity contribution < 1.29 is 0 Å². The molecule has 4 rings (SSSR count). The van der Waals surface area contributed by atoms with E-state index in [0.29, 0.717) is 22.6 Å². The third-order valence-corrected chi connectivity index (χ3v) is 15.8. The lowest BCUT2D eigenvalue weighted by atomic mass is 10.1. The summed E-state index contributed by atoms with van der Waals surface area (Å²) in [5.41, 5.74) is 15.0. The van der Waals surface area contributed by atoms with Crippen molar-refractivity contribution in [1.29, 1.82) is 0 Å². The Morgan fingerprint density at radius 2 is 0.981 bits per heavy atom. The molecule has 0 atom stereocenters. The fraction of sp³-hybridized carbons (Fsp3) is 0.457. The minimum absolute atomic E-state index is 0.277. The van der Waals surface area contributed by atoms with Gasteiger partial charge >= 0.3 is 0 Å². The van der Waals surface area contributed by atoms with Gasteiger partial charge in [0.2, 0.25) is 0 Å². The first-order valence-corrected chi connectivity index (χ1v) is 22.4. The second kappa shape index (κ2) is 19.9. The van der Waals surface area contributed by atoms with Crippen molar-refractivity contribution in [1.82, 2.24) is 5.32 Å². The summed E-state index contributed by atoms with van der Waals surface area (Å²) in [6.07, 6.45) is 4.20. The van der Waals surface area contributed by atoms with E-state index in [1.807, 2.05) is 0 Å². The normalized spacial score (nSPS) is 12.1. The van der Waals surface area contributed by atoms with Gasteiger partial charge in [0.25, 0.3) is 0 Å². The van der Waals surface area contributed by atoms with Crippen LogP contribution in [0.2, 0.25) is 0 Å². The van der Waals surface area contributed by atoms with Crippen LogP contribution in [0, 0.1) is 27.7 Å². The summed E-state index contributed by atoms with van der Waals surface area (Å²) >= 11 is 0.